The van der Waals surface area contributed by atoms with Crippen molar-refractivity contribution < 1.29 is 13.9 Å². The Hall–Kier alpha value is -4.27. The number of esters is 1. The van der Waals surface area contributed by atoms with E-state index in [4.69, 9.17) is 9.72 Å². The Morgan fingerprint density at radius 2 is 2.00 bits per heavy atom. The lowest BCUT2D eigenvalue weighted by Gasteiger charge is -2.21. The number of aromatic nitrogens is 5. The molecule has 194 valence electrons. The van der Waals surface area contributed by atoms with Crippen molar-refractivity contribution in [2.24, 2.45) is 0 Å². The molecule has 0 saturated heterocycles. The largest absolute Gasteiger partial charge is 0.462 e. The highest BCUT2D eigenvalue weighted by atomic mass is 19.1. The summed E-state index contributed by atoms with van der Waals surface area (Å²) < 4.78 is 23.8. The molecular weight excluding hydrogens is 483 g/mol. The molecule has 6 rings (SSSR count). The molecule has 1 aromatic carbocycles. The van der Waals surface area contributed by atoms with Gasteiger partial charge in [-0.2, -0.15) is 9.61 Å². The van der Waals surface area contributed by atoms with Gasteiger partial charge in [-0.15, -0.1) is 0 Å². The molecule has 4 aromatic heterocycles. The summed E-state index contributed by atoms with van der Waals surface area (Å²) in [7, 11) is 1.98. The van der Waals surface area contributed by atoms with Crippen LogP contribution in [0, 0.1) is 0 Å². The minimum atomic E-state index is -0.909. The number of ether oxygens (including phenoxy) is 1. The van der Waals surface area contributed by atoms with Crippen LogP contribution in [0.1, 0.15) is 48.1 Å². The molecule has 1 saturated carbocycles. The van der Waals surface area contributed by atoms with E-state index in [0.29, 0.717) is 29.9 Å². The quantitative estimate of drug-likeness (QED) is 0.263. The zero-order valence-corrected chi connectivity index (χ0v) is 21.4. The van der Waals surface area contributed by atoms with Gasteiger partial charge < -0.3 is 14.2 Å². The molecule has 8 nitrogen and oxygen atoms in total. The molecule has 0 aliphatic heterocycles. The number of carbonyl (C=O) groups is 1. The van der Waals surface area contributed by atoms with Gasteiger partial charge in [0, 0.05) is 43.0 Å². The van der Waals surface area contributed by atoms with Gasteiger partial charge in [-0.05, 0) is 43.9 Å². The van der Waals surface area contributed by atoms with Gasteiger partial charge >= 0.3 is 5.97 Å². The van der Waals surface area contributed by atoms with Crippen molar-refractivity contribution in [2.75, 3.05) is 18.6 Å². The summed E-state index contributed by atoms with van der Waals surface area (Å²) in [6.45, 7) is 2.65. The van der Waals surface area contributed by atoms with Crippen molar-refractivity contribution in [3.63, 3.8) is 0 Å². The van der Waals surface area contributed by atoms with Gasteiger partial charge in [0.2, 0.25) is 0 Å². The van der Waals surface area contributed by atoms with Crippen LogP contribution in [0.4, 0.5) is 10.2 Å². The van der Waals surface area contributed by atoms with Crippen molar-refractivity contribution >= 4 is 28.5 Å². The number of fused-ring (bicyclic) bond motifs is 2. The van der Waals surface area contributed by atoms with Gasteiger partial charge in [-0.1, -0.05) is 30.3 Å². The average Bonchev–Trinajstić information content (AvgIpc) is 3.65. The number of rotatable bonds is 7. The molecule has 0 amide bonds. The van der Waals surface area contributed by atoms with Crippen molar-refractivity contribution in [3.05, 3.63) is 78.2 Å². The van der Waals surface area contributed by atoms with Crippen molar-refractivity contribution in [2.45, 2.75) is 44.9 Å². The summed E-state index contributed by atoms with van der Waals surface area (Å²) >= 11 is 0. The fourth-order valence-electron chi connectivity index (χ4n) is 5.40. The van der Waals surface area contributed by atoms with Crippen LogP contribution < -0.4 is 4.90 Å². The molecule has 38 heavy (non-hydrogen) atoms. The van der Waals surface area contributed by atoms with E-state index in [1.165, 1.54) is 6.20 Å². The topological polar surface area (TPSA) is 77.5 Å². The first-order valence-electron chi connectivity index (χ1n) is 13.0. The third-order valence-electron chi connectivity index (χ3n) is 7.22. The van der Waals surface area contributed by atoms with Gasteiger partial charge in [0.25, 0.3) is 0 Å². The van der Waals surface area contributed by atoms with E-state index >= 15 is 0 Å². The van der Waals surface area contributed by atoms with E-state index in [0.717, 1.165) is 40.8 Å². The monoisotopic (exact) mass is 512 g/mol. The van der Waals surface area contributed by atoms with Crippen LogP contribution >= 0.6 is 0 Å². The molecule has 5 aromatic rings. The van der Waals surface area contributed by atoms with Crippen molar-refractivity contribution in [1.29, 1.82) is 0 Å². The molecule has 1 aliphatic rings. The highest BCUT2D eigenvalue weighted by Gasteiger charge is 2.31. The molecule has 0 bridgehead atoms. The van der Waals surface area contributed by atoms with Crippen molar-refractivity contribution in [1.82, 2.24) is 24.1 Å². The zero-order valence-electron chi connectivity index (χ0n) is 21.4. The molecular formula is C29H29FN6O2. The second-order valence-corrected chi connectivity index (χ2v) is 9.69. The van der Waals surface area contributed by atoms with Crippen LogP contribution in [0.3, 0.4) is 0 Å². The van der Waals surface area contributed by atoms with Gasteiger partial charge in [-0.25, -0.2) is 19.2 Å². The number of benzene rings is 1. The molecule has 0 N–H and O–H groups in total. The average molecular weight is 513 g/mol. The Balaban J connectivity index is 1.54. The summed E-state index contributed by atoms with van der Waals surface area (Å²) in [4.78, 5) is 24.4. The molecule has 0 spiro atoms. The van der Waals surface area contributed by atoms with Crippen LogP contribution in [0.5, 0.6) is 0 Å². The number of anilines is 1. The number of pyridine rings is 1. The second kappa shape index (κ2) is 9.89. The first-order valence-corrected chi connectivity index (χ1v) is 13.0. The smallest absolute Gasteiger partial charge is 0.343 e. The van der Waals surface area contributed by atoms with Gasteiger partial charge in [-0.3, -0.25) is 0 Å². The summed E-state index contributed by atoms with van der Waals surface area (Å²) in [5.74, 6) is 0.289. The van der Waals surface area contributed by atoms with E-state index in [9.17, 15) is 9.18 Å². The highest BCUT2D eigenvalue weighted by molar-refractivity contribution is 5.98. The fourth-order valence-corrected chi connectivity index (χ4v) is 5.40. The van der Waals surface area contributed by atoms with Crippen LogP contribution in [-0.2, 0) is 11.3 Å². The summed E-state index contributed by atoms with van der Waals surface area (Å²) in [5.41, 5.74) is 4.06. The summed E-state index contributed by atoms with van der Waals surface area (Å²) in [6, 6.07) is 15.7. The third-order valence-corrected chi connectivity index (χ3v) is 7.22. The van der Waals surface area contributed by atoms with E-state index in [1.807, 2.05) is 54.2 Å². The Kier molecular flexibility index (Phi) is 6.27. The maximum absolute atomic E-state index is 14.8. The van der Waals surface area contributed by atoms with Crippen LogP contribution in [-0.4, -0.2) is 49.9 Å². The predicted octanol–water partition coefficient (Wildman–Crippen LogP) is 5.62. The number of hydrogen-bond acceptors (Lipinski definition) is 6. The molecule has 2 atom stereocenters. The lowest BCUT2D eigenvalue weighted by molar-refractivity contribution is 0.0528. The number of nitrogens with zero attached hydrogens (tertiary/aromatic N) is 6. The van der Waals surface area contributed by atoms with E-state index in [2.05, 4.69) is 27.1 Å². The minimum Gasteiger partial charge on any atom is -0.462 e. The van der Waals surface area contributed by atoms with Crippen molar-refractivity contribution in [3.8, 4) is 11.3 Å². The molecule has 9 heteroatoms. The van der Waals surface area contributed by atoms with Gasteiger partial charge in [0.1, 0.15) is 23.2 Å². The number of alkyl halides is 1. The first kappa shape index (κ1) is 24.1. The van der Waals surface area contributed by atoms with Gasteiger partial charge in [0.15, 0.2) is 5.65 Å². The highest BCUT2D eigenvalue weighted by Crippen LogP contribution is 2.39. The summed E-state index contributed by atoms with van der Waals surface area (Å²) in [6.07, 6.45) is 6.47. The first-order chi connectivity index (χ1) is 18.5. The maximum Gasteiger partial charge on any atom is 0.343 e. The second-order valence-electron chi connectivity index (χ2n) is 9.69. The predicted molar refractivity (Wildman–Crippen MR) is 144 cm³/mol. The Morgan fingerprint density at radius 1 is 1.16 bits per heavy atom. The maximum atomic E-state index is 14.8. The zero-order chi connectivity index (χ0) is 26.2. The third kappa shape index (κ3) is 4.17. The van der Waals surface area contributed by atoms with Crippen LogP contribution in [0.15, 0.2) is 67.1 Å². The lowest BCUT2D eigenvalue weighted by Crippen LogP contribution is -2.20. The Labute approximate surface area is 219 Å². The minimum absolute atomic E-state index is 0.252. The molecule has 4 heterocycles. The van der Waals surface area contributed by atoms with E-state index in [1.54, 1.807) is 17.6 Å². The van der Waals surface area contributed by atoms with E-state index in [-0.39, 0.29) is 12.6 Å². The number of halogens is 1. The van der Waals surface area contributed by atoms with Gasteiger partial charge in [0.05, 0.1) is 24.5 Å². The lowest BCUT2D eigenvalue weighted by atomic mass is 10.1. The normalized spacial score (nSPS) is 17.3. The van der Waals surface area contributed by atoms with Crippen LogP contribution in [0.25, 0.3) is 27.9 Å². The standard InChI is InChI=1S/C29H29FN6O2/c1-3-38-29(37)21-16-32-36-26(34(2)17-19-9-5-4-6-10-19)15-24(33-28(21)36)22-18-35(25-13-7-12-23(25)30)27-20(22)11-8-14-31-27/h4-6,8-11,14-16,18,23,25H,3,7,12-13,17H2,1-2H3/t23-,25?/m1/s1. The number of carbonyl (C=O) groups excluding carboxylic acids is 1. The Bertz CT molecular complexity index is 1610. The molecule has 0 radical (unpaired) electrons. The fraction of sp³-hybridized carbons (Fsp3) is 0.310. The van der Waals surface area contributed by atoms with E-state index < -0.39 is 12.1 Å². The number of hydrogen-bond donors (Lipinski definition) is 0. The summed E-state index contributed by atoms with van der Waals surface area (Å²) in [5, 5.41) is 5.39. The molecule has 1 unspecified atom stereocenters. The SMILES string of the molecule is CCOC(=O)c1cnn2c(N(C)Cc3ccccc3)cc(-c3cn(C4CCC[C@H]4F)c4ncccc34)nc12. The molecule has 1 aliphatic carbocycles. The van der Waals surface area contributed by atoms with Crippen LogP contribution in [0.2, 0.25) is 0 Å². The molecule has 1 fully saturated rings. The Morgan fingerprint density at radius 3 is 2.76 bits per heavy atom.